The lowest BCUT2D eigenvalue weighted by molar-refractivity contribution is -0.133. The molecule has 0 aliphatic heterocycles. The highest BCUT2D eigenvalue weighted by atomic mass is 16.5. The van der Waals surface area contributed by atoms with Gasteiger partial charge in [0.25, 0.3) is 0 Å². The van der Waals surface area contributed by atoms with Crippen LogP contribution in [0.25, 0.3) is 0 Å². The van der Waals surface area contributed by atoms with E-state index in [0.717, 1.165) is 19.0 Å². The Morgan fingerprint density at radius 3 is 2.67 bits per heavy atom. The second-order valence-electron chi connectivity index (χ2n) is 5.73. The van der Waals surface area contributed by atoms with Gasteiger partial charge in [-0.05, 0) is 51.0 Å². The molecule has 4 heteroatoms. The van der Waals surface area contributed by atoms with Gasteiger partial charge >= 0.3 is 0 Å². The Morgan fingerprint density at radius 1 is 1.39 bits per heavy atom. The highest BCUT2D eigenvalue weighted by Crippen LogP contribution is 2.35. The molecule has 2 fully saturated rings. The Kier molecular flexibility index (Phi) is 5.01. The SMILES string of the molecule is COCCN(C(=O)CNCC1CC1)C(C)C1CC1. The highest BCUT2D eigenvalue weighted by Gasteiger charge is 2.34. The molecule has 0 heterocycles. The van der Waals surface area contributed by atoms with Gasteiger partial charge in [-0.3, -0.25) is 4.79 Å². The van der Waals surface area contributed by atoms with Crippen LogP contribution in [0.4, 0.5) is 0 Å². The molecule has 0 aromatic heterocycles. The predicted octanol–water partition coefficient (Wildman–Crippen LogP) is 1.26. The topological polar surface area (TPSA) is 41.6 Å². The molecule has 18 heavy (non-hydrogen) atoms. The van der Waals surface area contributed by atoms with Crippen molar-refractivity contribution in [3.8, 4) is 0 Å². The van der Waals surface area contributed by atoms with Crippen LogP contribution in [-0.2, 0) is 9.53 Å². The van der Waals surface area contributed by atoms with Crippen molar-refractivity contribution >= 4 is 5.91 Å². The van der Waals surface area contributed by atoms with Crippen molar-refractivity contribution in [3.63, 3.8) is 0 Å². The summed E-state index contributed by atoms with van der Waals surface area (Å²) in [4.78, 5) is 14.2. The summed E-state index contributed by atoms with van der Waals surface area (Å²) < 4.78 is 5.11. The van der Waals surface area contributed by atoms with Gasteiger partial charge in [-0.15, -0.1) is 0 Å². The van der Waals surface area contributed by atoms with E-state index >= 15 is 0 Å². The Morgan fingerprint density at radius 2 is 2.11 bits per heavy atom. The Bertz CT molecular complexity index is 275. The lowest BCUT2D eigenvalue weighted by atomic mass is 10.2. The molecular formula is C14H26N2O2. The molecule has 0 bridgehead atoms. The fourth-order valence-electron chi connectivity index (χ4n) is 2.38. The molecule has 104 valence electrons. The summed E-state index contributed by atoms with van der Waals surface area (Å²) in [6, 6.07) is 0.371. The number of methoxy groups -OCH3 is 1. The lowest BCUT2D eigenvalue weighted by Crippen LogP contribution is -2.46. The Balaban J connectivity index is 1.74. The summed E-state index contributed by atoms with van der Waals surface area (Å²) in [5.41, 5.74) is 0. The number of hydrogen-bond donors (Lipinski definition) is 1. The van der Waals surface area contributed by atoms with E-state index in [-0.39, 0.29) is 5.91 Å². The summed E-state index contributed by atoms with van der Waals surface area (Å²) in [7, 11) is 1.69. The summed E-state index contributed by atoms with van der Waals surface area (Å²) in [5.74, 6) is 1.77. The molecule has 1 N–H and O–H groups in total. The van der Waals surface area contributed by atoms with Crippen LogP contribution in [-0.4, -0.2) is 50.2 Å². The average molecular weight is 254 g/mol. The van der Waals surface area contributed by atoms with Crippen LogP contribution in [0.2, 0.25) is 0 Å². The molecule has 0 spiro atoms. The summed E-state index contributed by atoms with van der Waals surface area (Å²) in [5, 5.41) is 3.29. The second-order valence-corrected chi connectivity index (χ2v) is 5.73. The molecule has 2 rings (SSSR count). The fraction of sp³-hybridized carbons (Fsp3) is 0.929. The first-order chi connectivity index (χ1) is 8.72. The van der Waals surface area contributed by atoms with Gasteiger partial charge in [0.2, 0.25) is 5.91 Å². The van der Waals surface area contributed by atoms with Gasteiger partial charge in [-0.25, -0.2) is 0 Å². The quantitative estimate of drug-likeness (QED) is 0.673. The Labute approximate surface area is 110 Å². The van der Waals surface area contributed by atoms with Crippen LogP contribution in [0, 0.1) is 11.8 Å². The zero-order valence-corrected chi connectivity index (χ0v) is 11.7. The van der Waals surface area contributed by atoms with E-state index in [1.807, 2.05) is 4.90 Å². The zero-order valence-electron chi connectivity index (χ0n) is 11.7. The van der Waals surface area contributed by atoms with Crippen molar-refractivity contribution in [1.82, 2.24) is 10.2 Å². The molecule has 0 radical (unpaired) electrons. The third-order valence-corrected chi connectivity index (χ3v) is 4.06. The van der Waals surface area contributed by atoms with E-state index < -0.39 is 0 Å². The number of carbonyl (C=O) groups is 1. The first-order valence-corrected chi connectivity index (χ1v) is 7.21. The minimum absolute atomic E-state index is 0.229. The molecule has 1 unspecified atom stereocenters. The number of ether oxygens (including phenoxy) is 1. The molecule has 0 aromatic rings. The number of carbonyl (C=O) groups excluding carboxylic acids is 1. The normalized spacial score (nSPS) is 20.8. The van der Waals surface area contributed by atoms with Crippen LogP contribution in [0.5, 0.6) is 0 Å². The average Bonchev–Trinajstić information content (AvgIpc) is 3.22. The molecule has 2 aliphatic carbocycles. The smallest absolute Gasteiger partial charge is 0.236 e. The van der Waals surface area contributed by atoms with E-state index in [1.165, 1.54) is 25.7 Å². The van der Waals surface area contributed by atoms with Crippen molar-refractivity contribution in [2.24, 2.45) is 11.8 Å². The van der Waals surface area contributed by atoms with Gasteiger partial charge in [0.1, 0.15) is 0 Å². The lowest BCUT2D eigenvalue weighted by Gasteiger charge is -2.29. The third kappa shape index (κ3) is 4.25. The third-order valence-electron chi connectivity index (χ3n) is 4.06. The van der Waals surface area contributed by atoms with E-state index in [2.05, 4.69) is 12.2 Å². The van der Waals surface area contributed by atoms with E-state index in [4.69, 9.17) is 4.74 Å². The molecule has 1 atom stereocenters. The van der Waals surface area contributed by atoms with E-state index in [1.54, 1.807) is 7.11 Å². The van der Waals surface area contributed by atoms with Crippen molar-refractivity contribution in [2.45, 2.75) is 38.6 Å². The highest BCUT2D eigenvalue weighted by molar-refractivity contribution is 5.78. The molecule has 2 saturated carbocycles. The predicted molar refractivity (Wildman–Crippen MR) is 71.4 cm³/mol. The van der Waals surface area contributed by atoms with Crippen LogP contribution in [0.15, 0.2) is 0 Å². The van der Waals surface area contributed by atoms with Crippen molar-refractivity contribution in [2.75, 3.05) is 33.4 Å². The van der Waals surface area contributed by atoms with E-state index in [0.29, 0.717) is 25.1 Å². The van der Waals surface area contributed by atoms with Gasteiger partial charge in [-0.1, -0.05) is 0 Å². The van der Waals surface area contributed by atoms with Gasteiger partial charge in [0.05, 0.1) is 13.2 Å². The van der Waals surface area contributed by atoms with Gasteiger partial charge in [-0.2, -0.15) is 0 Å². The van der Waals surface area contributed by atoms with Gasteiger partial charge in [0, 0.05) is 19.7 Å². The standard InChI is InChI=1S/C14H26N2O2/c1-11(13-5-6-13)16(7-8-18-2)14(17)10-15-9-12-3-4-12/h11-13,15H,3-10H2,1-2H3. The molecule has 1 amide bonds. The number of rotatable bonds is 9. The Hall–Kier alpha value is -0.610. The summed E-state index contributed by atoms with van der Waals surface area (Å²) in [6.07, 6.45) is 5.20. The second kappa shape index (κ2) is 6.53. The number of amides is 1. The maximum absolute atomic E-state index is 12.2. The molecule has 4 nitrogen and oxygen atoms in total. The number of hydrogen-bond acceptors (Lipinski definition) is 3. The van der Waals surface area contributed by atoms with Crippen LogP contribution in [0.3, 0.4) is 0 Å². The van der Waals surface area contributed by atoms with Crippen molar-refractivity contribution in [3.05, 3.63) is 0 Å². The molecule has 2 aliphatic rings. The van der Waals surface area contributed by atoms with Crippen LogP contribution < -0.4 is 5.32 Å². The van der Waals surface area contributed by atoms with E-state index in [9.17, 15) is 4.79 Å². The number of nitrogens with zero attached hydrogens (tertiary/aromatic N) is 1. The molecule has 0 saturated heterocycles. The maximum Gasteiger partial charge on any atom is 0.236 e. The van der Waals surface area contributed by atoms with Gasteiger partial charge < -0.3 is 15.0 Å². The van der Waals surface area contributed by atoms with Crippen LogP contribution in [0.1, 0.15) is 32.6 Å². The fourth-order valence-corrected chi connectivity index (χ4v) is 2.38. The van der Waals surface area contributed by atoms with Crippen LogP contribution >= 0.6 is 0 Å². The first kappa shape index (κ1) is 13.8. The maximum atomic E-state index is 12.2. The monoisotopic (exact) mass is 254 g/mol. The first-order valence-electron chi connectivity index (χ1n) is 7.21. The largest absolute Gasteiger partial charge is 0.383 e. The summed E-state index contributed by atoms with van der Waals surface area (Å²) >= 11 is 0. The zero-order chi connectivity index (χ0) is 13.0. The summed E-state index contributed by atoms with van der Waals surface area (Å²) in [6.45, 7) is 5.01. The minimum atomic E-state index is 0.229. The number of nitrogens with one attached hydrogen (secondary N) is 1. The molecule has 0 aromatic carbocycles. The minimum Gasteiger partial charge on any atom is -0.383 e. The van der Waals surface area contributed by atoms with Gasteiger partial charge in [0.15, 0.2) is 0 Å². The van der Waals surface area contributed by atoms with Crippen molar-refractivity contribution < 1.29 is 9.53 Å². The van der Waals surface area contributed by atoms with Crippen molar-refractivity contribution in [1.29, 1.82) is 0 Å². The molecular weight excluding hydrogens is 228 g/mol.